The van der Waals surface area contributed by atoms with E-state index in [1.807, 2.05) is 24.3 Å². The highest BCUT2D eigenvalue weighted by atomic mass is 32.2. The second-order valence-electron chi connectivity index (χ2n) is 11.2. The molecule has 0 aromatic heterocycles. The molecular formula is C31H33N3O8S. The standard InChI is InChI=1S/C31H33N3O8S/c1-40-23-10-8-20(9-11-23)18-34-28-24(31(29(34)35)12-5-13-31)14-22(15-26(28)42-19-21-16-33(17-21)30(36)37)32-43(38,39)27-7-4-3-6-25(27)41-2/h3-4,6-11,14-15,21,32H,5,12-13,16-19H2,1-2H3,(H,36,37). The number of hydrogen-bond acceptors (Lipinski definition) is 7. The molecule has 2 heterocycles. The Bertz CT molecular complexity index is 1660. The molecule has 6 rings (SSSR count). The van der Waals surface area contributed by atoms with Gasteiger partial charge in [-0.05, 0) is 54.3 Å². The Labute approximate surface area is 250 Å². The molecule has 11 nitrogen and oxygen atoms in total. The summed E-state index contributed by atoms with van der Waals surface area (Å²) >= 11 is 0. The van der Waals surface area contributed by atoms with E-state index in [4.69, 9.17) is 14.2 Å². The fourth-order valence-electron chi connectivity index (χ4n) is 6.06. The Kier molecular flexibility index (Phi) is 7.33. The molecule has 1 saturated carbocycles. The van der Waals surface area contributed by atoms with Gasteiger partial charge in [0.05, 0.1) is 44.2 Å². The van der Waals surface area contributed by atoms with E-state index < -0.39 is 21.5 Å². The minimum atomic E-state index is -4.05. The maximum absolute atomic E-state index is 14.1. The number of carbonyl (C=O) groups excluding carboxylic acids is 1. The molecule has 0 unspecified atom stereocenters. The number of hydrogen-bond donors (Lipinski definition) is 2. The predicted octanol–water partition coefficient (Wildman–Crippen LogP) is 4.46. The van der Waals surface area contributed by atoms with Gasteiger partial charge >= 0.3 is 6.09 Å². The van der Waals surface area contributed by atoms with Crippen molar-refractivity contribution in [1.29, 1.82) is 0 Å². The number of benzene rings is 3. The zero-order chi connectivity index (χ0) is 30.4. The molecule has 12 heteroatoms. The number of rotatable bonds is 10. The van der Waals surface area contributed by atoms with Gasteiger partial charge in [-0.1, -0.05) is 30.7 Å². The Hall–Kier alpha value is -4.45. The summed E-state index contributed by atoms with van der Waals surface area (Å²) in [5.74, 6) is 1.22. The van der Waals surface area contributed by atoms with Crippen LogP contribution < -0.4 is 23.8 Å². The number of para-hydroxylation sites is 1. The molecule has 43 heavy (non-hydrogen) atoms. The van der Waals surface area contributed by atoms with E-state index in [1.54, 1.807) is 42.3 Å². The van der Waals surface area contributed by atoms with Crippen molar-refractivity contribution in [2.45, 2.75) is 36.1 Å². The third-order valence-corrected chi connectivity index (χ3v) is 9.96. The number of carboxylic acid groups (broad SMARTS) is 1. The third kappa shape index (κ3) is 5.09. The summed E-state index contributed by atoms with van der Waals surface area (Å²) in [4.78, 5) is 28.4. The molecule has 2 amide bonds. The molecule has 3 aromatic carbocycles. The van der Waals surface area contributed by atoms with Crippen molar-refractivity contribution in [3.05, 3.63) is 71.8 Å². The predicted molar refractivity (Wildman–Crippen MR) is 159 cm³/mol. The van der Waals surface area contributed by atoms with E-state index in [0.717, 1.165) is 17.5 Å². The summed E-state index contributed by atoms with van der Waals surface area (Å²) in [6, 6.07) is 17.2. The fraction of sp³-hybridized carbons (Fsp3) is 0.355. The summed E-state index contributed by atoms with van der Waals surface area (Å²) in [5, 5.41) is 9.23. The lowest BCUT2D eigenvalue weighted by molar-refractivity contribution is -0.126. The minimum absolute atomic E-state index is 0.0146. The van der Waals surface area contributed by atoms with Crippen molar-refractivity contribution in [1.82, 2.24) is 4.90 Å². The van der Waals surface area contributed by atoms with Crippen molar-refractivity contribution >= 4 is 33.4 Å². The first-order valence-corrected chi connectivity index (χ1v) is 15.5. The summed E-state index contributed by atoms with van der Waals surface area (Å²) in [6.07, 6.45) is 1.20. The molecule has 0 radical (unpaired) electrons. The van der Waals surface area contributed by atoms with Crippen LogP contribution in [0.25, 0.3) is 0 Å². The van der Waals surface area contributed by atoms with E-state index in [1.165, 1.54) is 18.1 Å². The Balaban J connectivity index is 1.39. The van der Waals surface area contributed by atoms with Crippen molar-refractivity contribution in [2.24, 2.45) is 5.92 Å². The Morgan fingerprint density at radius 3 is 2.37 bits per heavy atom. The molecule has 1 aliphatic carbocycles. The lowest BCUT2D eigenvalue weighted by atomic mass is 9.65. The number of methoxy groups -OCH3 is 2. The van der Waals surface area contributed by atoms with Gasteiger partial charge in [-0.15, -0.1) is 0 Å². The van der Waals surface area contributed by atoms with E-state index in [-0.39, 0.29) is 34.8 Å². The van der Waals surface area contributed by atoms with Gasteiger partial charge in [-0.2, -0.15) is 0 Å². The van der Waals surface area contributed by atoms with Gasteiger partial charge < -0.3 is 29.1 Å². The van der Waals surface area contributed by atoms with Gasteiger partial charge in [-0.25, -0.2) is 13.2 Å². The van der Waals surface area contributed by atoms with Gasteiger partial charge in [-0.3, -0.25) is 9.52 Å². The third-order valence-electron chi connectivity index (χ3n) is 8.53. The normalized spacial score (nSPS) is 17.2. The smallest absolute Gasteiger partial charge is 0.407 e. The molecule has 3 aliphatic rings. The number of ether oxygens (including phenoxy) is 3. The van der Waals surface area contributed by atoms with Gasteiger partial charge in [0.1, 0.15) is 22.1 Å². The number of nitrogens with one attached hydrogen (secondary N) is 1. The second kappa shape index (κ2) is 11.0. The number of sulfonamides is 1. The number of fused-ring (bicyclic) bond motifs is 2. The second-order valence-corrected chi connectivity index (χ2v) is 12.8. The molecule has 2 fully saturated rings. The molecule has 226 valence electrons. The van der Waals surface area contributed by atoms with E-state index in [9.17, 15) is 23.1 Å². The highest BCUT2D eigenvalue weighted by Gasteiger charge is 2.55. The largest absolute Gasteiger partial charge is 0.497 e. The van der Waals surface area contributed by atoms with Crippen LogP contribution in [0.4, 0.5) is 16.2 Å². The van der Waals surface area contributed by atoms with Crippen molar-refractivity contribution < 1.29 is 37.3 Å². The van der Waals surface area contributed by atoms with Crippen LogP contribution in [0.2, 0.25) is 0 Å². The molecule has 3 aromatic rings. The van der Waals surface area contributed by atoms with Gasteiger partial charge in [0.2, 0.25) is 5.91 Å². The van der Waals surface area contributed by atoms with Gasteiger partial charge in [0.25, 0.3) is 10.0 Å². The highest BCUT2D eigenvalue weighted by molar-refractivity contribution is 7.92. The molecular weight excluding hydrogens is 574 g/mol. The molecule has 1 saturated heterocycles. The summed E-state index contributed by atoms with van der Waals surface area (Å²) in [6.45, 7) is 1.21. The van der Waals surface area contributed by atoms with E-state index >= 15 is 0 Å². The monoisotopic (exact) mass is 607 g/mol. The van der Waals surface area contributed by atoms with Crippen LogP contribution >= 0.6 is 0 Å². The molecule has 1 spiro atoms. The quantitative estimate of drug-likeness (QED) is 0.345. The zero-order valence-electron chi connectivity index (χ0n) is 23.9. The van der Waals surface area contributed by atoms with Crippen molar-refractivity contribution in [2.75, 3.05) is 43.5 Å². The van der Waals surface area contributed by atoms with Crippen LogP contribution in [-0.4, -0.2) is 64.3 Å². The van der Waals surface area contributed by atoms with Crippen LogP contribution in [0.3, 0.4) is 0 Å². The average Bonchev–Trinajstić information content (AvgIpc) is 3.19. The lowest BCUT2D eigenvalue weighted by Crippen LogP contribution is -2.51. The lowest BCUT2D eigenvalue weighted by Gasteiger charge is -2.37. The van der Waals surface area contributed by atoms with Crippen LogP contribution in [0.15, 0.2) is 65.6 Å². The first-order valence-electron chi connectivity index (χ1n) is 14.0. The number of nitrogens with zero attached hydrogens (tertiary/aromatic N) is 2. The van der Waals surface area contributed by atoms with Crippen molar-refractivity contribution in [3.63, 3.8) is 0 Å². The number of anilines is 2. The van der Waals surface area contributed by atoms with Crippen molar-refractivity contribution in [3.8, 4) is 17.2 Å². The topological polar surface area (TPSA) is 135 Å². The number of carbonyl (C=O) groups is 2. The maximum atomic E-state index is 14.1. The fourth-order valence-corrected chi connectivity index (χ4v) is 7.28. The molecule has 0 atom stereocenters. The van der Waals surface area contributed by atoms with Crippen LogP contribution in [0.1, 0.15) is 30.4 Å². The molecule has 2 N–H and O–H groups in total. The first-order chi connectivity index (χ1) is 20.6. The maximum Gasteiger partial charge on any atom is 0.407 e. The van der Waals surface area contributed by atoms with Gasteiger partial charge in [0, 0.05) is 25.1 Å². The molecule has 2 aliphatic heterocycles. The average molecular weight is 608 g/mol. The van der Waals surface area contributed by atoms with Crippen LogP contribution in [-0.2, 0) is 26.8 Å². The summed E-state index contributed by atoms with van der Waals surface area (Å²) in [7, 11) is -1.05. The Morgan fingerprint density at radius 1 is 1.02 bits per heavy atom. The first kappa shape index (κ1) is 28.7. The highest BCUT2D eigenvalue weighted by Crippen LogP contribution is 2.57. The minimum Gasteiger partial charge on any atom is -0.497 e. The van der Waals surface area contributed by atoms with Gasteiger partial charge in [0.15, 0.2) is 0 Å². The van der Waals surface area contributed by atoms with E-state index in [0.29, 0.717) is 49.7 Å². The van der Waals surface area contributed by atoms with Crippen LogP contribution in [0.5, 0.6) is 17.2 Å². The van der Waals surface area contributed by atoms with Crippen LogP contribution in [0, 0.1) is 5.92 Å². The summed E-state index contributed by atoms with van der Waals surface area (Å²) in [5.41, 5.74) is 1.76. The Morgan fingerprint density at radius 2 is 1.74 bits per heavy atom. The SMILES string of the molecule is COc1ccc(CN2C(=O)C3(CCC3)c3cc(NS(=O)(=O)c4ccccc4OC)cc(OCC4CN(C(=O)O)C4)c32)cc1. The number of likely N-dealkylation sites (tertiary alicyclic amines) is 1. The zero-order valence-corrected chi connectivity index (χ0v) is 24.7. The number of amides is 2. The molecule has 0 bridgehead atoms. The summed E-state index contributed by atoms with van der Waals surface area (Å²) < 4.78 is 46.6. The van der Waals surface area contributed by atoms with E-state index in [2.05, 4.69) is 4.72 Å².